The van der Waals surface area contributed by atoms with Crippen molar-refractivity contribution in [1.82, 2.24) is 5.32 Å². The van der Waals surface area contributed by atoms with Crippen LogP contribution in [0.5, 0.6) is 5.75 Å². The molecule has 1 aromatic carbocycles. The van der Waals surface area contributed by atoms with Crippen LogP contribution in [0.1, 0.15) is 38.3 Å². The number of benzene rings is 1. The largest absolute Gasteiger partial charge is 0.489 e. The van der Waals surface area contributed by atoms with E-state index in [-0.39, 0.29) is 6.10 Å². The molecule has 0 heterocycles. The Kier molecular flexibility index (Phi) is 6.67. The van der Waals surface area contributed by atoms with E-state index < -0.39 is 0 Å². The lowest BCUT2D eigenvalue weighted by Crippen LogP contribution is -2.33. The smallest absolute Gasteiger partial charge is 0.120 e. The van der Waals surface area contributed by atoms with Gasteiger partial charge in [-0.2, -0.15) is 0 Å². The SMILES string of the molecule is CCC(CNCC(C)C)Oc1cc(C)c(Cl)c(C)c1. The molecule has 0 aromatic heterocycles. The zero-order chi connectivity index (χ0) is 14.4. The third-order valence-electron chi connectivity index (χ3n) is 3.09. The van der Waals surface area contributed by atoms with Crippen molar-refractivity contribution in [3.63, 3.8) is 0 Å². The second-order valence-corrected chi connectivity index (χ2v) is 5.95. The van der Waals surface area contributed by atoms with Crippen molar-refractivity contribution in [3.05, 3.63) is 28.3 Å². The third kappa shape index (κ3) is 5.42. The predicted molar refractivity (Wildman–Crippen MR) is 83.3 cm³/mol. The van der Waals surface area contributed by atoms with E-state index in [0.29, 0.717) is 5.92 Å². The van der Waals surface area contributed by atoms with Crippen LogP contribution in [0.25, 0.3) is 0 Å². The molecule has 2 nitrogen and oxygen atoms in total. The Morgan fingerprint density at radius 3 is 2.21 bits per heavy atom. The van der Waals surface area contributed by atoms with Crippen molar-refractivity contribution in [2.75, 3.05) is 13.1 Å². The van der Waals surface area contributed by atoms with Gasteiger partial charge in [0, 0.05) is 11.6 Å². The fourth-order valence-corrected chi connectivity index (χ4v) is 2.08. The summed E-state index contributed by atoms with van der Waals surface area (Å²) in [5.74, 6) is 1.58. The van der Waals surface area contributed by atoms with Crippen molar-refractivity contribution in [2.24, 2.45) is 5.92 Å². The highest BCUT2D eigenvalue weighted by molar-refractivity contribution is 6.32. The highest BCUT2D eigenvalue weighted by Gasteiger charge is 2.10. The summed E-state index contributed by atoms with van der Waals surface area (Å²) in [6, 6.07) is 4.03. The Labute approximate surface area is 122 Å². The zero-order valence-corrected chi connectivity index (χ0v) is 13.5. The Balaban J connectivity index is 2.60. The number of hydrogen-bond donors (Lipinski definition) is 1. The van der Waals surface area contributed by atoms with E-state index in [4.69, 9.17) is 16.3 Å². The minimum absolute atomic E-state index is 0.207. The van der Waals surface area contributed by atoms with Gasteiger partial charge in [-0.05, 0) is 56.0 Å². The second kappa shape index (κ2) is 7.76. The molecule has 0 fully saturated rings. The number of ether oxygens (including phenoxy) is 1. The molecule has 0 aliphatic carbocycles. The minimum Gasteiger partial charge on any atom is -0.489 e. The molecule has 0 aliphatic heterocycles. The van der Waals surface area contributed by atoms with Gasteiger partial charge in [0.15, 0.2) is 0 Å². The topological polar surface area (TPSA) is 21.3 Å². The van der Waals surface area contributed by atoms with Crippen LogP contribution in [0, 0.1) is 19.8 Å². The number of rotatable bonds is 7. The number of aryl methyl sites for hydroxylation is 2. The molecular formula is C16H26ClNO. The standard InChI is InChI=1S/C16H26ClNO/c1-6-14(10-18-9-11(2)3)19-15-7-12(4)16(17)13(5)8-15/h7-8,11,14,18H,6,9-10H2,1-5H3. The first-order valence-corrected chi connectivity index (χ1v) is 7.46. The van der Waals surface area contributed by atoms with E-state index in [1.165, 1.54) is 0 Å². The maximum atomic E-state index is 6.17. The summed E-state index contributed by atoms with van der Waals surface area (Å²) >= 11 is 6.17. The fraction of sp³-hybridized carbons (Fsp3) is 0.625. The van der Waals surface area contributed by atoms with Crippen molar-refractivity contribution in [1.29, 1.82) is 0 Å². The fourth-order valence-electron chi connectivity index (χ4n) is 1.97. The first-order chi connectivity index (χ1) is 8.93. The molecule has 19 heavy (non-hydrogen) atoms. The van der Waals surface area contributed by atoms with Gasteiger partial charge in [-0.25, -0.2) is 0 Å². The minimum atomic E-state index is 0.207. The Bertz CT molecular complexity index is 381. The number of halogens is 1. The van der Waals surface area contributed by atoms with Crippen LogP contribution in [0.3, 0.4) is 0 Å². The number of nitrogens with one attached hydrogen (secondary N) is 1. The molecule has 1 atom stereocenters. The monoisotopic (exact) mass is 283 g/mol. The van der Waals surface area contributed by atoms with Crippen LogP contribution in [-0.2, 0) is 0 Å². The Morgan fingerprint density at radius 1 is 1.16 bits per heavy atom. The van der Waals surface area contributed by atoms with Gasteiger partial charge in [-0.15, -0.1) is 0 Å². The quantitative estimate of drug-likeness (QED) is 0.803. The van der Waals surface area contributed by atoms with Gasteiger partial charge in [0.2, 0.25) is 0 Å². The van der Waals surface area contributed by atoms with Gasteiger partial charge < -0.3 is 10.1 Å². The molecule has 0 saturated carbocycles. The molecule has 1 N–H and O–H groups in total. The average molecular weight is 284 g/mol. The normalized spacial score (nSPS) is 12.8. The molecule has 0 spiro atoms. The molecule has 1 aromatic rings. The van der Waals surface area contributed by atoms with Crippen LogP contribution in [0.4, 0.5) is 0 Å². The molecule has 0 radical (unpaired) electrons. The molecular weight excluding hydrogens is 258 g/mol. The van der Waals surface area contributed by atoms with Crippen molar-refractivity contribution >= 4 is 11.6 Å². The summed E-state index contributed by atoms with van der Waals surface area (Å²) in [5.41, 5.74) is 2.14. The lowest BCUT2D eigenvalue weighted by molar-refractivity contribution is 0.192. The van der Waals surface area contributed by atoms with Crippen LogP contribution in [0.15, 0.2) is 12.1 Å². The van der Waals surface area contributed by atoms with Gasteiger partial charge in [0.1, 0.15) is 11.9 Å². The van der Waals surface area contributed by atoms with E-state index >= 15 is 0 Å². The molecule has 1 rings (SSSR count). The van der Waals surface area contributed by atoms with Gasteiger partial charge in [0.05, 0.1) is 0 Å². The van der Waals surface area contributed by atoms with Crippen molar-refractivity contribution in [3.8, 4) is 5.75 Å². The summed E-state index contributed by atoms with van der Waals surface area (Å²) in [6.45, 7) is 12.5. The van der Waals surface area contributed by atoms with E-state index in [9.17, 15) is 0 Å². The molecule has 0 bridgehead atoms. The molecule has 0 saturated heterocycles. The lowest BCUT2D eigenvalue weighted by atomic mass is 10.1. The van der Waals surface area contributed by atoms with Crippen molar-refractivity contribution < 1.29 is 4.74 Å². The number of hydrogen-bond acceptors (Lipinski definition) is 2. The van der Waals surface area contributed by atoms with Gasteiger partial charge in [-0.3, -0.25) is 0 Å². The molecule has 0 aliphatic rings. The first kappa shape index (κ1) is 16.3. The Morgan fingerprint density at radius 2 is 1.74 bits per heavy atom. The van der Waals surface area contributed by atoms with Crippen LogP contribution < -0.4 is 10.1 Å². The summed E-state index contributed by atoms with van der Waals surface area (Å²) in [7, 11) is 0. The predicted octanol–water partition coefficient (Wildman–Crippen LogP) is 4.36. The maximum absolute atomic E-state index is 6.17. The first-order valence-electron chi connectivity index (χ1n) is 7.08. The third-order valence-corrected chi connectivity index (χ3v) is 3.69. The highest BCUT2D eigenvalue weighted by Crippen LogP contribution is 2.26. The van der Waals surface area contributed by atoms with Crippen molar-refractivity contribution in [2.45, 2.75) is 47.1 Å². The Hall–Kier alpha value is -0.730. The highest BCUT2D eigenvalue weighted by atomic mass is 35.5. The maximum Gasteiger partial charge on any atom is 0.120 e. The molecule has 1 unspecified atom stereocenters. The summed E-state index contributed by atoms with van der Waals surface area (Å²) in [4.78, 5) is 0. The molecule has 3 heteroatoms. The molecule has 0 amide bonds. The summed E-state index contributed by atoms with van der Waals surface area (Å²) < 4.78 is 6.04. The van der Waals surface area contributed by atoms with E-state index in [2.05, 4.69) is 26.1 Å². The summed E-state index contributed by atoms with van der Waals surface area (Å²) in [5, 5.41) is 4.28. The van der Waals surface area contributed by atoms with Crippen LogP contribution in [-0.4, -0.2) is 19.2 Å². The van der Waals surface area contributed by atoms with Crippen LogP contribution in [0.2, 0.25) is 5.02 Å². The van der Waals surface area contributed by atoms with Gasteiger partial charge >= 0.3 is 0 Å². The lowest BCUT2D eigenvalue weighted by Gasteiger charge is -2.20. The van der Waals surface area contributed by atoms with Crippen LogP contribution >= 0.6 is 11.6 Å². The summed E-state index contributed by atoms with van der Waals surface area (Å²) in [6.07, 6.45) is 1.20. The van der Waals surface area contributed by atoms with E-state index in [1.807, 2.05) is 26.0 Å². The van der Waals surface area contributed by atoms with Gasteiger partial charge in [0.25, 0.3) is 0 Å². The molecule has 108 valence electrons. The second-order valence-electron chi connectivity index (χ2n) is 5.57. The van der Waals surface area contributed by atoms with Gasteiger partial charge in [-0.1, -0.05) is 32.4 Å². The zero-order valence-electron chi connectivity index (χ0n) is 12.7. The average Bonchev–Trinajstić information content (AvgIpc) is 2.34. The van der Waals surface area contributed by atoms with E-state index in [1.54, 1.807) is 0 Å². The van der Waals surface area contributed by atoms with E-state index in [0.717, 1.165) is 41.4 Å².